The quantitative estimate of drug-likeness (QED) is 0.725. The Balaban J connectivity index is 2.02. The molecule has 6 heteroatoms. The number of para-hydroxylation sites is 1. The van der Waals surface area contributed by atoms with Gasteiger partial charge in [0.2, 0.25) is 0 Å². The Kier molecular flexibility index (Phi) is 3.13. The molecule has 0 amide bonds. The van der Waals surface area contributed by atoms with E-state index in [0.29, 0.717) is 5.39 Å². The highest BCUT2D eigenvalue weighted by Gasteiger charge is 2.11. The van der Waals surface area contributed by atoms with Crippen molar-refractivity contribution >= 4 is 16.6 Å². The lowest BCUT2D eigenvalue weighted by molar-refractivity contribution is 0.478. The maximum atomic E-state index is 13.5. The number of anilines is 1. The van der Waals surface area contributed by atoms with Crippen LogP contribution in [0.4, 0.5) is 18.9 Å². The number of benzene rings is 2. The lowest BCUT2D eigenvalue weighted by Crippen LogP contribution is -1.96. The fourth-order valence-corrected chi connectivity index (χ4v) is 1.91. The number of pyridine rings is 1. The summed E-state index contributed by atoms with van der Waals surface area (Å²) >= 11 is 0. The van der Waals surface area contributed by atoms with Crippen LogP contribution in [-0.2, 0) is 0 Å². The lowest BCUT2D eigenvalue weighted by atomic mass is 10.2. The highest BCUT2D eigenvalue weighted by atomic mass is 19.2. The van der Waals surface area contributed by atoms with Gasteiger partial charge in [-0.05, 0) is 30.3 Å². The molecule has 0 aliphatic carbocycles. The van der Waals surface area contributed by atoms with Crippen molar-refractivity contribution in [2.45, 2.75) is 0 Å². The Bertz CT molecular complexity index is 837. The van der Waals surface area contributed by atoms with Gasteiger partial charge in [0.25, 0.3) is 0 Å². The van der Waals surface area contributed by atoms with Crippen molar-refractivity contribution in [2.24, 2.45) is 0 Å². The summed E-state index contributed by atoms with van der Waals surface area (Å²) in [4.78, 5) is 3.82. The van der Waals surface area contributed by atoms with E-state index in [1.807, 2.05) is 0 Å². The SMILES string of the molecule is Nc1c(F)cccc1Oc1cnc2c(F)c(F)ccc2c1. The molecule has 21 heavy (non-hydrogen) atoms. The molecular weight excluding hydrogens is 281 g/mol. The zero-order valence-electron chi connectivity index (χ0n) is 10.6. The first-order valence-corrected chi connectivity index (χ1v) is 6.02. The van der Waals surface area contributed by atoms with Gasteiger partial charge in [0, 0.05) is 5.39 Å². The lowest BCUT2D eigenvalue weighted by Gasteiger charge is -2.09. The standard InChI is InChI=1S/C15H9F3N2O/c16-10-5-4-8-6-9(7-20-15(8)13(10)18)21-12-3-1-2-11(17)14(12)19/h1-7H,19H2. The third kappa shape index (κ3) is 2.35. The molecule has 0 fully saturated rings. The second kappa shape index (κ2) is 4.97. The Morgan fingerprint density at radius 1 is 1.00 bits per heavy atom. The Morgan fingerprint density at radius 2 is 1.81 bits per heavy atom. The predicted molar refractivity (Wildman–Crippen MR) is 72.5 cm³/mol. The summed E-state index contributed by atoms with van der Waals surface area (Å²) in [6, 6.07) is 7.99. The molecular formula is C15H9F3N2O. The molecule has 3 nitrogen and oxygen atoms in total. The topological polar surface area (TPSA) is 48.1 Å². The molecule has 0 atom stereocenters. The van der Waals surface area contributed by atoms with Gasteiger partial charge in [-0.2, -0.15) is 0 Å². The van der Waals surface area contributed by atoms with Gasteiger partial charge in [-0.3, -0.25) is 0 Å². The van der Waals surface area contributed by atoms with Crippen molar-refractivity contribution in [3.8, 4) is 11.5 Å². The molecule has 0 unspecified atom stereocenters. The van der Waals surface area contributed by atoms with Crippen LogP contribution in [0.15, 0.2) is 42.6 Å². The van der Waals surface area contributed by atoms with Crippen molar-refractivity contribution in [3.05, 3.63) is 60.0 Å². The van der Waals surface area contributed by atoms with Crippen LogP contribution in [0.2, 0.25) is 0 Å². The van der Waals surface area contributed by atoms with Crippen molar-refractivity contribution in [3.63, 3.8) is 0 Å². The number of hydrogen-bond acceptors (Lipinski definition) is 3. The minimum atomic E-state index is -1.02. The molecule has 2 N–H and O–H groups in total. The molecule has 0 radical (unpaired) electrons. The van der Waals surface area contributed by atoms with Crippen LogP contribution in [0.5, 0.6) is 11.5 Å². The normalized spacial score (nSPS) is 10.8. The summed E-state index contributed by atoms with van der Waals surface area (Å²) in [7, 11) is 0. The number of hydrogen-bond donors (Lipinski definition) is 1. The van der Waals surface area contributed by atoms with Crippen molar-refractivity contribution in [1.82, 2.24) is 4.98 Å². The summed E-state index contributed by atoms with van der Waals surface area (Å²) in [6.45, 7) is 0. The Labute approximate surface area is 117 Å². The average Bonchev–Trinajstić information content (AvgIpc) is 2.48. The number of nitrogens with two attached hydrogens (primary N) is 1. The number of ether oxygens (including phenoxy) is 1. The number of aromatic nitrogens is 1. The van der Waals surface area contributed by atoms with E-state index >= 15 is 0 Å². The maximum absolute atomic E-state index is 13.5. The Morgan fingerprint density at radius 3 is 2.62 bits per heavy atom. The number of fused-ring (bicyclic) bond motifs is 1. The summed E-state index contributed by atoms with van der Waals surface area (Å²) in [6.07, 6.45) is 1.22. The molecule has 0 saturated carbocycles. The molecule has 106 valence electrons. The molecule has 0 aliphatic rings. The smallest absolute Gasteiger partial charge is 0.184 e. The predicted octanol–water partition coefficient (Wildman–Crippen LogP) is 4.03. The summed E-state index contributed by atoms with van der Waals surface area (Å²) < 4.78 is 45.4. The summed E-state index contributed by atoms with van der Waals surface area (Å²) in [5.74, 6) is -2.23. The van der Waals surface area contributed by atoms with Gasteiger partial charge in [-0.1, -0.05) is 6.07 Å². The van der Waals surface area contributed by atoms with Gasteiger partial charge >= 0.3 is 0 Å². The average molecular weight is 290 g/mol. The minimum absolute atomic E-state index is 0.102. The molecule has 1 aromatic heterocycles. The van der Waals surface area contributed by atoms with E-state index in [1.165, 1.54) is 36.5 Å². The van der Waals surface area contributed by atoms with Crippen LogP contribution in [-0.4, -0.2) is 4.98 Å². The van der Waals surface area contributed by atoms with Gasteiger partial charge < -0.3 is 10.5 Å². The van der Waals surface area contributed by atoms with Gasteiger partial charge in [0.1, 0.15) is 22.8 Å². The van der Waals surface area contributed by atoms with Crippen LogP contribution in [0.3, 0.4) is 0 Å². The largest absolute Gasteiger partial charge is 0.453 e. The summed E-state index contributed by atoms with van der Waals surface area (Å²) in [5.41, 5.74) is 5.32. The minimum Gasteiger partial charge on any atom is -0.453 e. The first-order chi connectivity index (χ1) is 10.1. The molecule has 3 aromatic rings. The fourth-order valence-electron chi connectivity index (χ4n) is 1.91. The van der Waals surface area contributed by atoms with Crippen LogP contribution in [0.25, 0.3) is 10.9 Å². The van der Waals surface area contributed by atoms with Gasteiger partial charge in [-0.15, -0.1) is 0 Å². The summed E-state index contributed by atoms with van der Waals surface area (Å²) in [5, 5.41) is 0.362. The van der Waals surface area contributed by atoms with Crippen LogP contribution in [0, 0.1) is 17.5 Å². The van der Waals surface area contributed by atoms with E-state index < -0.39 is 17.5 Å². The highest BCUT2D eigenvalue weighted by molar-refractivity contribution is 5.80. The van der Waals surface area contributed by atoms with Crippen LogP contribution < -0.4 is 10.5 Å². The molecule has 1 heterocycles. The van der Waals surface area contributed by atoms with Crippen LogP contribution >= 0.6 is 0 Å². The number of rotatable bonds is 2. The second-order valence-electron chi connectivity index (χ2n) is 4.36. The molecule has 0 spiro atoms. The van der Waals surface area contributed by atoms with Crippen molar-refractivity contribution in [2.75, 3.05) is 5.73 Å². The third-order valence-electron chi connectivity index (χ3n) is 2.96. The van der Waals surface area contributed by atoms with E-state index in [0.717, 1.165) is 6.07 Å². The van der Waals surface area contributed by atoms with Gasteiger partial charge in [0.15, 0.2) is 17.4 Å². The zero-order valence-corrected chi connectivity index (χ0v) is 10.6. The van der Waals surface area contributed by atoms with Gasteiger partial charge in [-0.25, -0.2) is 18.2 Å². The first kappa shape index (κ1) is 13.2. The molecule has 3 rings (SSSR count). The van der Waals surface area contributed by atoms with E-state index in [-0.39, 0.29) is 22.7 Å². The van der Waals surface area contributed by atoms with Crippen molar-refractivity contribution in [1.29, 1.82) is 0 Å². The van der Waals surface area contributed by atoms with E-state index in [2.05, 4.69) is 4.98 Å². The second-order valence-corrected chi connectivity index (χ2v) is 4.36. The number of nitrogens with zero attached hydrogens (tertiary/aromatic N) is 1. The Hall–Kier alpha value is -2.76. The fraction of sp³-hybridized carbons (Fsp3) is 0. The molecule has 0 aliphatic heterocycles. The van der Waals surface area contributed by atoms with Crippen molar-refractivity contribution < 1.29 is 17.9 Å². The maximum Gasteiger partial charge on any atom is 0.184 e. The van der Waals surface area contributed by atoms with E-state index in [1.54, 1.807) is 0 Å². The van der Waals surface area contributed by atoms with E-state index in [9.17, 15) is 13.2 Å². The zero-order chi connectivity index (χ0) is 15.0. The number of nitrogen functional groups attached to an aromatic ring is 1. The van der Waals surface area contributed by atoms with Gasteiger partial charge in [0.05, 0.1) is 6.20 Å². The monoisotopic (exact) mass is 290 g/mol. The molecule has 2 aromatic carbocycles. The highest BCUT2D eigenvalue weighted by Crippen LogP contribution is 2.30. The van der Waals surface area contributed by atoms with E-state index in [4.69, 9.17) is 10.5 Å². The molecule has 0 bridgehead atoms. The third-order valence-corrected chi connectivity index (χ3v) is 2.96. The molecule has 0 saturated heterocycles. The first-order valence-electron chi connectivity index (χ1n) is 6.02. The number of halogens is 3. The van der Waals surface area contributed by atoms with Crippen LogP contribution in [0.1, 0.15) is 0 Å².